The van der Waals surface area contributed by atoms with E-state index < -0.39 is 5.60 Å². The summed E-state index contributed by atoms with van der Waals surface area (Å²) in [5, 5.41) is 4.30. The van der Waals surface area contributed by atoms with E-state index in [1.807, 2.05) is 25.7 Å². The van der Waals surface area contributed by atoms with E-state index >= 15 is 0 Å². The molecule has 0 aromatic carbocycles. The Balaban J connectivity index is 1.79. The zero-order valence-electron chi connectivity index (χ0n) is 12.3. The summed E-state index contributed by atoms with van der Waals surface area (Å²) in [7, 11) is 0. The molecule has 3 rings (SSSR count). The summed E-state index contributed by atoms with van der Waals surface area (Å²) in [4.78, 5) is 14.3. The lowest BCUT2D eigenvalue weighted by molar-refractivity contribution is 0.0175. The van der Waals surface area contributed by atoms with Gasteiger partial charge in [0.25, 0.3) is 0 Å². The predicted molar refractivity (Wildman–Crippen MR) is 81.8 cm³/mol. The molecule has 0 N–H and O–H groups in total. The number of ether oxygens (including phenoxy) is 1. The van der Waals surface area contributed by atoms with Gasteiger partial charge in [-0.15, -0.1) is 0 Å². The molecular formula is C16H21NO2S. The average Bonchev–Trinajstić information content (AvgIpc) is 2.94. The third-order valence-corrected chi connectivity index (χ3v) is 4.57. The largest absolute Gasteiger partial charge is 0.444 e. The second-order valence-corrected chi connectivity index (χ2v) is 7.37. The minimum Gasteiger partial charge on any atom is -0.444 e. The van der Waals surface area contributed by atoms with Gasteiger partial charge in [0.05, 0.1) is 6.04 Å². The van der Waals surface area contributed by atoms with Crippen LogP contribution in [0.5, 0.6) is 0 Å². The SMILES string of the molecule is CC(C)(C)OC(=O)N1C2C=C(c3ccsc3)CC1CC2. The molecule has 108 valence electrons. The van der Waals surface area contributed by atoms with Crippen molar-refractivity contribution in [2.45, 2.75) is 57.7 Å². The Kier molecular flexibility index (Phi) is 3.36. The van der Waals surface area contributed by atoms with Crippen molar-refractivity contribution in [3.8, 4) is 0 Å². The Bertz CT molecular complexity index is 527. The zero-order valence-corrected chi connectivity index (χ0v) is 13.1. The van der Waals surface area contributed by atoms with E-state index in [9.17, 15) is 4.79 Å². The topological polar surface area (TPSA) is 29.5 Å². The molecule has 2 aliphatic heterocycles. The molecule has 2 atom stereocenters. The van der Waals surface area contributed by atoms with E-state index in [1.165, 1.54) is 11.1 Å². The number of amides is 1. The molecule has 1 amide bonds. The minimum absolute atomic E-state index is 0.161. The van der Waals surface area contributed by atoms with E-state index in [4.69, 9.17) is 4.74 Å². The quantitative estimate of drug-likeness (QED) is 0.772. The summed E-state index contributed by atoms with van der Waals surface area (Å²) in [6, 6.07) is 2.67. The summed E-state index contributed by atoms with van der Waals surface area (Å²) in [6.45, 7) is 5.76. The van der Waals surface area contributed by atoms with Crippen LogP contribution in [0.15, 0.2) is 22.9 Å². The van der Waals surface area contributed by atoms with Gasteiger partial charge in [0.2, 0.25) is 0 Å². The first-order valence-electron chi connectivity index (χ1n) is 7.18. The Morgan fingerprint density at radius 2 is 2.20 bits per heavy atom. The molecule has 2 bridgehead atoms. The average molecular weight is 291 g/mol. The fraction of sp³-hybridized carbons (Fsp3) is 0.562. The zero-order chi connectivity index (χ0) is 14.3. The highest BCUT2D eigenvalue weighted by Gasteiger charge is 2.41. The van der Waals surface area contributed by atoms with E-state index in [2.05, 4.69) is 22.9 Å². The molecule has 0 radical (unpaired) electrons. The predicted octanol–water partition coefficient (Wildman–Crippen LogP) is 4.30. The van der Waals surface area contributed by atoms with E-state index in [1.54, 1.807) is 11.3 Å². The number of thiophene rings is 1. The summed E-state index contributed by atoms with van der Waals surface area (Å²) in [6.07, 6.45) is 5.18. The molecule has 1 aromatic rings. The Labute approximate surface area is 124 Å². The summed E-state index contributed by atoms with van der Waals surface area (Å²) >= 11 is 1.73. The molecule has 2 aliphatic rings. The number of rotatable bonds is 1. The number of nitrogens with zero attached hydrogens (tertiary/aromatic N) is 1. The maximum absolute atomic E-state index is 12.3. The van der Waals surface area contributed by atoms with Crippen LogP contribution < -0.4 is 0 Å². The van der Waals surface area contributed by atoms with Gasteiger partial charge in [0, 0.05) is 6.04 Å². The van der Waals surface area contributed by atoms with Crippen LogP contribution in [0.4, 0.5) is 4.79 Å². The summed E-state index contributed by atoms with van der Waals surface area (Å²) in [5.74, 6) is 0. The normalized spacial score (nSPS) is 25.6. The molecule has 3 heterocycles. The van der Waals surface area contributed by atoms with Gasteiger partial charge in [0.1, 0.15) is 5.60 Å². The van der Waals surface area contributed by atoms with E-state index in [0.29, 0.717) is 6.04 Å². The summed E-state index contributed by atoms with van der Waals surface area (Å²) < 4.78 is 5.54. The lowest BCUT2D eigenvalue weighted by atomic mass is 9.97. The van der Waals surface area contributed by atoms with Crippen LogP contribution in [0.25, 0.3) is 5.57 Å². The van der Waals surface area contributed by atoms with Crippen LogP contribution in [-0.2, 0) is 4.74 Å². The first-order valence-corrected chi connectivity index (χ1v) is 8.13. The van der Waals surface area contributed by atoms with Crippen LogP contribution in [0.1, 0.15) is 45.6 Å². The standard InChI is InChI=1S/C16H21NO2S/c1-16(2,3)19-15(18)17-13-4-5-14(17)9-12(8-13)11-6-7-20-10-11/h6-8,10,13-14H,4-5,9H2,1-3H3. The molecule has 2 unspecified atom stereocenters. The second-order valence-electron chi connectivity index (χ2n) is 6.59. The van der Waals surface area contributed by atoms with Crippen molar-refractivity contribution in [1.82, 2.24) is 4.90 Å². The highest BCUT2D eigenvalue weighted by Crippen LogP contribution is 2.39. The van der Waals surface area contributed by atoms with Gasteiger partial charge in [0.15, 0.2) is 0 Å². The number of carbonyl (C=O) groups excluding carboxylic acids is 1. The van der Waals surface area contributed by atoms with Gasteiger partial charge in [-0.1, -0.05) is 6.08 Å². The maximum Gasteiger partial charge on any atom is 0.411 e. The van der Waals surface area contributed by atoms with Crippen molar-refractivity contribution in [3.63, 3.8) is 0 Å². The molecular weight excluding hydrogens is 270 g/mol. The van der Waals surface area contributed by atoms with Crippen LogP contribution in [0, 0.1) is 0 Å². The van der Waals surface area contributed by atoms with E-state index in [-0.39, 0.29) is 12.1 Å². The molecule has 0 saturated carbocycles. The number of hydrogen-bond donors (Lipinski definition) is 0. The van der Waals surface area contributed by atoms with Crippen LogP contribution >= 0.6 is 11.3 Å². The molecule has 1 fully saturated rings. The maximum atomic E-state index is 12.3. The first kappa shape index (κ1) is 13.7. The fourth-order valence-corrected chi connectivity index (χ4v) is 3.77. The number of hydrogen-bond acceptors (Lipinski definition) is 3. The van der Waals surface area contributed by atoms with Gasteiger partial charge in [-0.2, -0.15) is 11.3 Å². The number of carbonyl (C=O) groups is 1. The van der Waals surface area contributed by atoms with Crippen molar-refractivity contribution >= 4 is 23.0 Å². The molecule has 4 heteroatoms. The molecule has 3 nitrogen and oxygen atoms in total. The van der Waals surface area contributed by atoms with Gasteiger partial charge in [-0.3, -0.25) is 4.90 Å². The number of fused-ring (bicyclic) bond motifs is 2. The molecule has 20 heavy (non-hydrogen) atoms. The third-order valence-electron chi connectivity index (χ3n) is 3.89. The van der Waals surface area contributed by atoms with Crippen LogP contribution in [-0.4, -0.2) is 28.7 Å². The van der Waals surface area contributed by atoms with Crippen molar-refractivity contribution in [3.05, 3.63) is 28.5 Å². The van der Waals surface area contributed by atoms with Gasteiger partial charge in [-0.05, 0) is 68.0 Å². The van der Waals surface area contributed by atoms with Gasteiger partial charge < -0.3 is 4.74 Å². The fourth-order valence-electron chi connectivity index (χ4n) is 3.09. The van der Waals surface area contributed by atoms with Crippen molar-refractivity contribution < 1.29 is 9.53 Å². The van der Waals surface area contributed by atoms with Crippen LogP contribution in [0.3, 0.4) is 0 Å². The third kappa shape index (κ3) is 2.62. The van der Waals surface area contributed by atoms with E-state index in [0.717, 1.165) is 19.3 Å². The second kappa shape index (κ2) is 4.92. The highest BCUT2D eigenvalue weighted by atomic mass is 32.1. The minimum atomic E-state index is -0.423. The molecule has 1 aromatic heterocycles. The smallest absolute Gasteiger partial charge is 0.411 e. The highest BCUT2D eigenvalue weighted by molar-refractivity contribution is 7.08. The molecule has 0 spiro atoms. The lowest BCUT2D eigenvalue weighted by Gasteiger charge is -2.35. The summed E-state index contributed by atoms with van der Waals surface area (Å²) in [5.41, 5.74) is 2.28. The lowest BCUT2D eigenvalue weighted by Crippen LogP contribution is -2.45. The van der Waals surface area contributed by atoms with Crippen molar-refractivity contribution in [2.75, 3.05) is 0 Å². The van der Waals surface area contributed by atoms with Crippen molar-refractivity contribution in [2.24, 2.45) is 0 Å². The Morgan fingerprint density at radius 3 is 2.80 bits per heavy atom. The first-order chi connectivity index (χ1) is 9.44. The van der Waals surface area contributed by atoms with Gasteiger partial charge >= 0.3 is 6.09 Å². The van der Waals surface area contributed by atoms with Crippen LogP contribution in [0.2, 0.25) is 0 Å². The molecule has 0 aliphatic carbocycles. The Hall–Kier alpha value is -1.29. The molecule has 1 saturated heterocycles. The Morgan fingerprint density at radius 1 is 1.40 bits per heavy atom. The van der Waals surface area contributed by atoms with Crippen molar-refractivity contribution in [1.29, 1.82) is 0 Å². The van der Waals surface area contributed by atoms with Gasteiger partial charge in [-0.25, -0.2) is 4.79 Å². The monoisotopic (exact) mass is 291 g/mol.